The quantitative estimate of drug-likeness (QED) is 0.0169. The molecule has 9 amide bonds. The molecule has 1 aromatic carbocycles. The zero-order valence-corrected chi connectivity index (χ0v) is 44.3. The second kappa shape index (κ2) is 36.0. The second-order valence-corrected chi connectivity index (χ2v) is 19.1. The third-order valence-electron chi connectivity index (χ3n) is 12.4. The van der Waals surface area contributed by atoms with Crippen LogP contribution in [-0.2, 0) is 54.4 Å². The lowest BCUT2D eigenvalue weighted by Crippen LogP contribution is -2.60. The maximum Gasteiger partial charge on any atom is 0.322 e. The number of unbranched alkanes of at least 4 members (excludes halogenated alkanes) is 3. The maximum atomic E-state index is 14.3. The van der Waals surface area contributed by atoms with E-state index in [4.69, 9.17) is 39.5 Å². The Balaban J connectivity index is 2.33. The molecule has 77 heavy (non-hydrogen) atoms. The van der Waals surface area contributed by atoms with Gasteiger partial charge in [0.15, 0.2) is 5.96 Å². The topological polar surface area (TPSA) is 479 Å². The van der Waals surface area contributed by atoms with Gasteiger partial charge in [0.05, 0.1) is 19.1 Å². The molecule has 2 rings (SSSR count). The van der Waals surface area contributed by atoms with Crippen molar-refractivity contribution in [3.05, 3.63) is 29.8 Å². The summed E-state index contributed by atoms with van der Waals surface area (Å²) in [7, 11) is 0. The number of carbonyl (C=O) groups is 10. The van der Waals surface area contributed by atoms with Crippen LogP contribution in [0, 0.1) is 5.92 Å². The third-order valence-corrected chi connectivity index (χ3v) is 12.4. The SMILES string of the molecule is CC(C)[C@H](NC(=O)[C@H](CCCCN)NC(=O)[C@H](CCCN=C(N)N)NC(=O)[C@H](CCCCN)NC(=O)[C@H](CCCCN)NC(=O)[C@@H]1CCCN1C(=O)CNC(=O)[C@@H](N)Cc1ccc(O)cc1)C(=O)NCC(=O)NCC(=O)O. The first-order valence-electron chi connectivity index (χ1n) is 26.2. The van der Waals surface area contributed by atoms with Crippen molar-refractivity contribution in [1.29, 1.82) is 0 Å². The molecule has 1 heterocycles. The number of rotatable bonds is 37. The Hall–Kier alpha value is -7.17. The van der Waals surface area contributed by atoms with Crippen LogP contribution in [0.25, 0.3) is 0 Å². The zero-order valence-electron chi connectivity index (χ0n) is 44.3. The number of aliphatic imine (C=N–C) groups is 1. The molecule has 1 fully saturated rings. The first kappa shape index (κ1) is 65.9. The molecule has 0 radical (unpaired) electrons. The molecule has 1 saturated heterocycles. The van der Waals surface area contributed by atoms with Crippen LogP contribution in [0.3, 0.4) is 0 Å². The van der Waals surface area contributed by atoms with E-state index in [0.29, 0.717) is 50.5 Å². The summed E-state index contributed by atoms with van der Waals surface area (Å²) in [4.78, 5) is 138. The van der Waals surface area contributed by atoms with E-state index in [0.717, 1.165) is 0 Å². The van der Waals surface area contributed by atoms with Gasteiger partial charge in [-0.25, -0.2) is 0 Å². The number of aromatic hydroxyl groups is 1. The van der Waals surface area contributed by atoms with Crippen LogP contribution in [-0.4, -0.2) is 175 Å². The van der Waals surface area contributed by atoms with Crippen LogP contribution >= 0.6 is 0 Å². The first-order chi connectivity index (χ1) is 36.6. The number of phenols is 1. The van der Waals surface area contributed by atoms with Gasteiger partial charge in [0.1, 0.15) is 48.5 Å². The number of benzene rings is 1. The van der Waals surface area contributed by atoms with E-state index in [1.807, 2.05) is 0 Å². The minimum Gasteiger partial charge on any atom is -0.508 e. The highest BCUT2D eigenvalue weighted by Gasteiger charge is 2.37. The van der Waals surface area contributed by atoms with Crippen molar-refractivity contribution < 1.29 is 58.2 Å². The van der Waals surface area contributed by atoms with Crippen LogP contribution in [0.15, 0.2) is 29.3 Å². The number of nitrogens with two attached hydrogens (primary N) is 6. The molecule has 432 valence electrons. The van der Waals surface area contributed by atoms with Gasteiger partial charge in [-0.05, 0) is 133 Å². The summed E-state index contributed by atoms with van der Waals surface area (Å²) in [6, 6.07) is -2.10. The molecule has 0 bridgehead atoms. The largest absolute Gasteiger partial charge is 0.508 e. The van der Waals surface area contributed by atoms with Crippen LogP contribution < -0.4 is 76.9 Å². The van der Waals surface area contributed by atoms with Crippen molar-refractivity contribution in [1.82, 2.24) is 47.4 Å². The standard InChI is InChI=1S/C49H84N16O12/c1-29(2)41(48(77)58-26-38(67)57-28-40(69)70)64-46(75)35(13-5-8-22-52)61-45(74)36(14-9-23-56-49(54)55)62-43(72)33(11-3-6-20-50)60-44(73)34(12-4-7-21-51)63-47(76)37-15-10-24-65(37)39(68)27-59-42(71)32(53)25-30-16-18-31(66)19-17-30/h16-19,29,32-37,41,66H,3-15,20-28,50-53H2,1-2H3,(H,57,67)(H,58,77)(H,59,71)(H,60,73)(H,61,74)(H,62,72)(H,63,76)(H,64,75)(H,69,70)(H4,54,55,56)/t32-,33-,34-,35-,36-,37-,41-/m0/s1. The summed E-state index contributed by atoms with van der Waals surface area (Å²) in [5.41, 5.74) is 35.1. The molecule has 1 aromatic rings. The van der Waals surface area contributed by atoms with Crippen molar-refractivity contribution in [2.24, 2.45) is 45.3 Å². The van der Waals surface area contributed by atoms with Crippen LogP contribution in [0.4, 0.5) is 0 Å². The number of carboxylic acids is 1. The van der Waals surface area contributed by atoms with E-state index in [2.05, 4.69) is 47.5 Å². The molecule has 0 saturated carbocycles. The number of likely N-dealkylation sites (tertiary alicyclic amines) is 1. The number of hydrogen-bond donors (Lipinski definition) is 16. The van der Waals surface area contributed by atoms with Gasteiger partial charge in [0.2, 0.25) is 53.2 Å². The molecule has 22 N–H and O–H groups in total. The molecule has 28 heteroatoms. The van der Waals surface area contributed by atoms with Gasteiger partial charge in [0.25, 0.3) is 0 Å². The van der Waals surface area contributed by atoms with Crippen molar-refractivity contribution in [2.75, 3.05) is 52.4 Å². The predicted octanol–water partition coefficient (Wildman–Crippen LogP) is -4.79. The van der Waals surface area contributed by atoms with Gasteiger partial charge in [-0.3, -0.25) is 52.9 Å². The maximum absolute atomic E-state index is 14.3. The third kappa shape index (κ3) is 25.5. The van der Waals surface area contributed by atoms with Crippen molar-refractivity contribution in [2.45, 2.75) is 146 Å². The number of carbonyl (C=O) groups excluding carboxylic acids is 9. The number of nitrogens with one attached hydrogen (secondary N) is 8. The van der Waals surface area contributed by atoms with E-state index in [1.165, 1.54) is 17.0 Å². The zero-order chi connectivity index (χ0) is 57.5. The number of carboxylic acid groups (broad SMARTS) is 1. The number of nitrogens with zero attached hydrogens (tertiary/aromatic N) is 2. The lowest BCUT2D eigenvalue weighted by Gasteiger charge is -2.29. The van der Waals surface area contributed by atoms with Gasteiger partial charge in [0, 0.05) is 13.1 Å². The van der Waals surface area contributed by atoms with Crippen LogP contribution in [0.5, 0.6) is 5.75 Å². The average molecular weight is 1090 g/mol. The molecule has 7 atom stereocenters. The molecule has 1 aliphatic rings. The summed E-state index contributed by atoms with van der Waals surface area (Å²) in [5, 5.41) is 39.0. The Kier molecular flexibility index (Phi) is 30.8. The number of amides is 9. The van der Waals surface area contributed by atoms with Gasteiger partial charge < -0.3 is 92.0 Å². The molecule has 1 aliphatic heterocycles. The van der Waals surface area contributed by atoms with Crippen molar-refractivity contribution in [3.63, 3.8) is 0 Å². The lowest BCUT2D eigenvalue weighted by atomic mass is 10.0. The number of hydrogen-bond acceptors (Lipinski definition) is 16. The Bertz CT molecular complexity index is 2130. The summed E-state index contributed by atoms with van der Waals surface area (Å²) in [5.74, 6) is -8.36. The molecule has 0 aromatic heterocycles. The summed E-state index contributed by atoms with van der Waals surface area (Å²) >= 11 is 0. The smallest absolute Gasteiger partial charge is 0.322 e. The van der Waals surface area contributed by atoms with E-state index in [1.54, 1.807) is 26.0 Å². The lowest BCUT2D eigenvalue weighted by molar-refractivity contribution is -0.140. The van der Waals surface area contributed by atoms with Gasteiger partial charge in [-0.15, -0.1) is 0 Å². The highest BCUT2D eigenvalue weighted by atomic mass is 16.4. The molecule has 0 spiro atoms. The summed E-state index contributed by atoms with van der Waals surface area (Å²) in [6.07, 6.45) is 3.73. The fourth-order valence-electron chi connectivity index (χ4n) is 8.16. The van der Waals surface area contributed by atoms with Crippen molar-refractivity contribution in [3.8, 4) is 5.75 Å². The van der Waals surface area contributed by atoms with Gasteiger partial charge in [-0.1, -0.05) is 26.0 Å². The highest BCUT2D eigenvalue weighted by molar-refractivity contribution is 5.98. The van der Waals surface area contributed by atoms with E-state index >= 15 is 0 Å². The molecule has 0 aliphatic carbocycles. The van der Waals surface area contributed by atoms with E-state index in [9.17, 15) is 53.1 Å². The Labute approximate surface area is 448 Å². The Morgan fingerprint density at radius 3 is 1.58 bits per heavy atom. The van der Waals surface area contributed by atoms with Gasteiger partial charge in [-0.2, -0.15) is 0 Å². The molecular weight excluding hydrogens is 1000 g/mol. The Morgan fingerprint density at radius 1 is 0.623 bits per heavy atom. The monoisotopic (exact) mass is 1090 g/mol. The number of guanidine groups is 1. The normalized spacial score (nSPS) is 15.3. The first-order valence-corrected chi connectivity index (χ1v) is 26.2. The Morgan fingerprint density at radius 2 is 1.10 bits per heavy atom. The molecule has 28 nitrogen and oxygen atoms in total. The summed E-state index contributed by atoms with van der Waals surface area (Å²) in [6.45, 7) is 2.66. The van der Waals surface area contributed by atoms with E-state index in [-0.39, 0.29) is 89.4 Å². The van der Waals surface area contributed by atoms with Crippen LogP contribution in [0.1, 0.15) is 103 Å². The minimum absolute atomic E-state index is 0.0532. The average Bonchev–Trinajstić information content (AvgIpc) is 3.89. The second-order valence-electron chi connectivity index (χ2n) is 19.1. The number of aliphatic carboxylic acids is 1. The fourth-order valence-corrected chi connectivity index (χ4v) is 8.16. The van der Waals surface area contributed by atoms with E-state index < -0.39 is 127 Å². The minimum atomic E-state index is -1.34. The predicted molar refractivity (Wildman–Crippen MR) is 284 cm³/mol. The molecule has 0 unspecified atom stereocenters. The highest BCUT2D eigenvalue weighted by Crippen LogP contribution is 2.19. The summed E-state index contributed by atoms with van der Waals surface area (Å²) < 4.78 is 0. The van der Waals surface area contributed by atoms with Crippen molar-refractivity contribution >= 4 is 65.1 Å². The molecular formula is C49H84N16O12. The van der Waals surface area contributed by atoms with Gasteiger partial charge >= 0.3 is 5.97 Å². The number of phenolic OH excluding ortho intramolecular Hbond substituents is 1. The van der Waals surface area contributed by atoms with Crippen LogP contribution in [0.2, 0.25) is 0 Å². The fraction of sp³-hybridized carbons (Fsp3) is 0.653.